The Morgan fingerprint density at radius 2 is 1.75 bits per heavy atom. The van der Waals surface area contributed by atoms with E-state index in [0.29, 0.717) is 25.8 Å². The van der Waals surface area contributed by atoms with Crippen molar-refractivity contribution in [3.05, 3.63) is 0 Å². The van der Waals surface area contributed by atoms with Crippen LogP contribution in [0.4, 0.5) is 0 Å². The van der Waals surface area contributed by atoms with Gasteiger partial charge in [0, 0.05) is 6.54 Å². The molecular formula is C18H32N4O6. The number of nitrogens with one attached hydrogen (secondary N) is 2. The third-order valence-corrected chi connectivity index (χ3v) is 4.68. The van der Waals surface area contributed by atoms with E-state index in [1.165, 1.54) is 18.7 Å². The van der Waals surface area contributed by atoms with Gasteiger partial charge in [-0.25, -0.2) is 4.79 Å². The standard InChI is InChI=1S/C18H32N4O6/c1-9(2)8-12(19)17(26)22-7-5-6-13(22)16(25)20-10(3)15(24)21-14(11(4)23)18(27)28/h9-14,23H,5-8,19H2,1-4H3,(H,20,25)(H,21,24)(H,27,28). The van der Waals surface area contributed by atoms with Crippen molar-refractivity contribution in [2.24, 2.45) is 11.7 Å². The molecular weight excluding hydrogens is 368 g/mol. The van der Waals surface area contributed by atoms with Crippen LogP contribution in [0, 0.1) is 5.92 Å². The molecule has 1 saturated heterocycles. The zero-order chi connectivity index (χ0) is 21.6. The first-order valence-corrected chi connectivity index (χ1v) is 9.53. The van der Waals surface area contributed by atoms with Crippen LogP contribution in [0.25, 0.3) is 0 Å². The van der Waals surface area contributed by atoms with E-state index in [9.17, 15) is 24.3 Å². The molecule has 0 aliphatic carbocycles. The first-order valence-electron chi connectivity index (χ1n) is 9.53. The SMILES string of the molecule is CC(C)CC(N)C(=O)N1CCCC1C(=O)NC(C)C(=O)NC(C(=O)O)C(C)O. The molecule has 0 aromatic rings. The second-order valence-electron chi connectivity index (χ2n) is 7.72. The fraction of sp³-hybridized carbons (Fsp3) is 0.778. The second kappa shape index (κ2) is 10.4. The summed E-state index contributed by atoms with van der Waals surface area (Å²) >= 11 is 0. The molecule has 0 saturated carbocycles. The zero-order valence-corrected chi connectivity index (χ0v) is 16.8. The zero-order valence-electron chi connectivity index (χ0n) is 16.8. The quantitative estimate of drug-likeness (QED) is 0.325. The molecule has 1 rings (SSSR count). The van der Waals surface area contributed by atoms with Crippen molar-refractivity contribution in [3.8, 4) is 0 Å². The van der Waals surface area contributed by atoms with Gasteiger partial charge in [-0.15, -0.1) is 0 Å². The van der Waals surface area contributed by atoms with Crippen LogP contribution >= 0.6 is 0 Å². The van der Waals surface area contributed by atoms with E-state index in [2.05, 4.69) is 10.6 Å². The fourth-order valence-corrected chi connectivity index (χ4v) is 3.17. The van der Waals surface area contributed by atoms with Crippen LogP contribution in [-0.2, 0) is 19.2 Å². The normalized spacial score (nSPS) is 21.0. The summed E-state index contributed by atoms with van der Waals surface area (Å²) in [5, 5.41) is 23.2. The van der Waals surface area contributed by atoms with Crippen molar-refractivity contribution >= 4 is 23.7 Å². The molecule has 1 aliphatic heterocycles. The Labute approximate surface area is 164 Å². The molecule has 1 fully saturated rings. The molecule has 6 N–H and O–H groups in total. The Hall–Kier alpha value is -2.20. The maximum atomic E-state index is 12.6. The van der Waals surface area contributed by atoms with E-state index in [1.54, 1.807) is 0 Å². The number of aliphatic hydroxyl groups is 1. The molecule has 5 atom stereocenters. The van der Waals surface area contributed by atoms with Gasteiger partial charge in [0.1, 0.15) is 12.1 Å². The Morgan fingerprint density at radius 3 is 2.25 bits per heavy atom. The number of carboxylic acid groups (broad SMARTS) is 1. The van der Waals surface area contributed by atoms with Gasteiger partial charge < -0.3 is 31.5 Å². The first kappa shape index (κ1) is 23.8. The molecule has 160 valence electrons. The van der Waals surface area contributed by atoms with E-state index >= 15 is 0 Å². The molecule has 0 aromatic heterocycles. The smallest absolute Gasteiger partial charge is 0.328 e. The van der Waals surface area contributed by atoms with Crippen molar-refractivity contribution < 1.29 is 29.4 Å². The molecule has 10 nitrogen and oxygen atoms in total. The Balaban J connectivity index is 2.70. The monoisotopic (exact) mass is 400 g/mol. The maximum Gasteiger partial charge on any atom is 0.328 e. The Kier molecular flexibility index (Phi) is 8.83. The number of amides is 3. The number of likely N-dealkylation sites (tertiary alicyclic amines) is 1. The van der Waals surface area contributed by atoms with Gasteiger partial charge in [0.2, 0.25) is 17.7 Å². The number of nitrogens with two attached hydrogens (primary N) is 1. The average Bonchev–Trinajstić information content (AvgIpc) is 3.06. The molecule has 1 aliphatic rings. The van der Waals surface area contributed by atoms with Gasteiger partial charge >= 0.3 is 5.97 Å². The number of carboxylic acids is 1. The highest BCUT2D eigenvalue weighted by molar-refractivity contribution is 5.94. The highest BCUT2D eigenvalue weighted by atomic mass is 16.4. The van der Waals surface area contributed by atoms with Gasteiger partial charge in [-0.3, -0.25) is 14.4 Å². The highest BCUT2D eigenvalue weighted by Crippen LogP contribution is 2.20. The van der Waals surface area contributed by atoms with Gasteiger partial charge in [0.15, 0.2) is 6.04 Å². The van der Waals surface area contributed by atoms with E-state index in [1.807, 2.05) is 13.8 Å². The van der Waals surface area contributed by atoms with Gasteiger partial charge in [-0.2, -0.15) is 0 Å². The van der Waals surface area contributed by atoms with E-state index in [4.69, 9.17) is 10.8 Å². The number of nitrogens with zero attached hydrogens (tertiary/aromatic N) is 1. The molecule has 0 aromatic carbocycles. The maximum absolute atomic E-state index is 12.6. The molecule has 28 heavy (non-hydrogen) atoms. The van der Waals surface area contributed by atoms with Crippen molar-refractivity contribution in [3.63, 3.8) is 0 Å². The van der Waals surface area contributed by atoms with E-state index < -0.39 is 48.1 Å². The van der Waals surface area contributed by atoms with Gasteiger partial charge in [0.05, 0.1) is 12.1 Å². The van der Waals surface area contributed by atoms with Crippen LogP contribution in [0.1, 0.15) is 47.0 Å². The third-order valence-electron chi connectivity index (χ3n) is 4.68. The first-order chi connectivity index (χ1) is 13.0. The summed E-state index contributed by atoms with van der Waals surface area (Å²) in [6, 6.07) is -3.91. The Bertz CT molecular complexity index is 595. The predicted octanol–water partition coefficient (Wildman–Crippen LogP) is -1.19. The molecule has 3 amide bonds. The third kappa shape index (κ3) is 6.45. The van der Waals surface area contributed by atoms with Crippen LogP contribution < -0.4 is 16.4 Å². The highest BCUT2D eigenvalue weighted by Gasteiger charge is 2.37. The molecule has 0 spiro atoms. The summed E-state index contributed by atoms with van der Waals surface area (Å²) in [7, 11) is 0. The minimum absolute atomic E-state index is 0.244. The number of carbonyl (C=O) groups is 4. The number of hydrogen-bond donors (Lipinski definition) is 5. The van der Waals surface area contributed by atoms with E-state index in [-0.39, 0.29) is 11.8 Å². The molecule has 1 heterocycles. The van der Waals surface area contributed by atoms with Crippen molar-refractivity contribution in [2.45, 2.75) is 77.2 Å². The van der Waals surface area contributed by atoms with E-state index in [0.717, 1.165) is 0 Å². The average molecular weight is 400 g/mol. The van der Waals surface area contributed by atoms with Gasteiger partial charge in [0.25, 0.3) is 0 Å². The summed E-state index contributed by atoms with van der Waals surface area (Å²) in [4.78, 5) is 49.8. The number of aliphatic carboxylic acids is 1. The lowest BCUT2D eigenvalue weighted by molar-refractivity contribution is -0.145. The van der Waals surface area contributed by atoms with Crippen LogP contribution in [-0.4, -0.2) is 75.6 Å². The summed E-state index contributed by atoms with van der Waals surface area (Å²) in [6.45, 7) is 6.98. The number of rotatable bonds is 9. The Morgan fingerprint density at radius 1 is 1.14 bits per heavy atom. The van der Waals surface area contributed by atoms with Crippen molar-refractivity contribution in [1.82, 2.24) is 15.5 Å². The molecule has 0 bridgehead atoms. The number of carbonyl (C=O) groups excluding carboxylic acids is 3. The summed E-state index contributed by atoms with van der Waals surface area (Å²) in [5.74, 6) is -2.66. The van der Waals surface area contributed by atoms with Crippen molar-refractivity contribution in [1.29, 1.82) is 0 Å². The molecule has 5 unspecified atom stereocenters. The van der Waals surface area contributed by atoms with Gasteiger partial charge in [-0.1, -0.05) is 13.8 Å². The topological polar surface area (TPSA) is 162 Å². The summed E-state index contributed by atoms with van der Waals surface area (Å²) < 4.78 is 0. The minimum atomic E-state index is -1.48. The lowest BCUT2D eigenvalue weighted by Crippen LogP contribution is -2.57. The van der Waals surface area contributed by atoms with Crippen LogP contribution in [0.2, 0.25) is 0 Å². The second-order valence-corrected chi connectivity index (χ2v) is 7.72. The number of aliphatic hydroxyl groups excluding tert-OH is 1. The van der Waals surface area contributed by atoms with Crippen LogP contribution in [0.3, 0.4) is 0 Å². The summed E-state index contributed by atoms with van der Waals surface area (Å²) in [5.41, 5.74) is 5.95. The lowest BCUT2D eigenvalue weighted by Gasteiger charge is -2.28. The number of hydrogen-bond acceptors (Lipinski definition) is 6. The lowest BCUT2D eigenvalue weighted by atomic mass is 10.0. The van der Waals surface area contributed by atoms with Crippen LogP contribution in [0.15, 0.2) is 0 Å². The fourth-order valence-electron chi connectivity index (χ4n) is 3.17. The predicted molar refractivity (Wildman–Crippen MR) is 101 cm³/mol. The summed E-state index contributed by atoms with van der Waals surface area (Å²) in [6.07, 6.45) is 0.334. The van der Waals surface area contributed by atoms with Crippen molar-refractivity contribution in [2.75, 3.05) is 6.54 Å². The molecule has 0 radical (unpaired) electrons. The van der Waals surface area contributed by atoms with Gasteiger partial charge in [-0.05, 0) is 39.0 Å². The molecule has 10 heteroatoms. The minimum Gasteiger partial charge on any atom is -0.480 e. The van der Waals surface area contributed by atoms with Crippen LogP contribution in [0.5, 0.6) is 0 Å². The largest absolute Gasteiger partial charge is 0.480 e.